The molecule has 0 aromatic heterocycles. The van der Waals surface area contributed by atoms with Crippen molar-refractivity contribution < 1.29 is 33.6 Å². The van der Waals surface area contributed by atoms with Crippen LogP contribution in [0.2, 0.25) is 0 Å². The monoisotopic (exact) mass is 455 g/mol. The fourth-order valence-electron chi connectivity index (χ4n) is 3.75. The molecule has 1 atom stereocenters. The molecule has 176 valence electrons. The van der Waals surface area contributed by atoms with Crippen LogP contribution in [0.15, 0.2) is 48.0 Å². The topological polar surface area (TPSA) is 94.5 Å². The summed E-state index contributed by atoms with van der Waals surface area (Å²) in [7, 11) is 4.49. The van der Waals surface area contributed by atoms with Crippen molar-refractivity contribution in [3.8, 4) is 17.2 Å². The van der Waals surface area contributed by atoms with Crippen molar-refractivity contribution in [1.29, 1.82) is 0 Å². The average Bonchev–Trinajstić information content (AvgIpc) is 3.10. The summed E-state index contributed by atoms with van der Waals surface area (Å²) in [6.45, 7) is 3.04. The van der Waals surface area contributed by atoms with Crippen LogP contribution in [0.5, 0.6) is 17.2 Å². The molecule has 0 aliphatic carbocycles. The first-order valence-electron chi connectivity index (χ1n) is 10.7. The number of benzene rings is 2. The van der Waals surface area contributed by atoms with E-state index in [0.29, 0.717) is 29.4 Å². The Morgan fingerprint density at radius 2 is 1.67 bits per heavy atom. The number of aliphatic hydroxyl groups excluding tert-OH is 1. The van der Waals surface area contributed by atoms with E-state index >= 15 is 0 Å². The Kier molecular flexibility index (Phi) is 7.95. The molecule has 1 aliphatic rings. The van der Waals surface area contributed by atoms with Crippen LogP contribution in [0.3, 0.4) is 0 Å². The number of amides is 1. The summed E-state index contributed by atoms with van der Waals surface area (Å²) in [4.78, 5) is 27.4. The first-order valence-corrected chi connectivity index (χ1v) is 10.7. The van der Waals surface area contributed by atoms with E-state index in [-0.39, 0.29) is 30.0 Å². The quantitative estimate of drug-likeness (QED) is 0.333. The van der Waals surface area contributed by atoms with Crippen LogP contribution in [-0.2, 0) is 14.3 Å². The molecule has 8 heteroatoms. The average molecular weight is 456 g/mol. The van der Waals surface area contributed by atoms with Gasteiger partial charge in [-0.1, -0.05) is 19.1 Å². The standard InChI is InChI=1S/C25H29NO7/c1-5-13-33-17-8-6-16(7-9-17)22-21(24(28)25(29)26(22)12-14-30-2)23(27)19-11-10-18(31-3)15-20(19)32-4/h6-11,15,22,27H,5,12-14H2,1-4H3/b23-21-. The Morgan fingerprint density at radius 1 is 0.970 bits per heavy atom. The van der Waals surface area contributed by atoms with Gasteiger partial charge in [-0.3, -0.25) is 9.59 Å². The SMILES string of the molecule is CCCOc1ccc(C2/C(=C(/O)c3ccc(OC)cc3OC)C(=O)C(=O)N2CCOC)cc1. The Hall–Kier alpha value is -3.52. The number of rotatable bonds is 10. The summed E-state index contributed by atoms with van der Waals surface area (Å²) in [6, 6.07) is 11.2. The fraction of sp³-hybridized carbons (Fsp3) is 0.360. The van der Waals surface area contributed by atoms with E-state index in [4.69, 9.17) is 18.9 Å². The van der Waals surface area contributed by atoms with E-state index in [1.807, 2.05) is 6.92 Å². The maximum Gasteiger partial charge on any atom is 0.295 e. The summed E-state index contributed by atoms with van der Waals surface area (Å²) < 4.78 is 21.4. The Balaban J connectivity index is 2.12. The molecule has 1 N–H and O–H groups in total. The van der Waals surface area contributed by atoms with Gasteiger partial charge in [-0.05, 0) is 36.2 Å². The number of ketones is 1. The number of carbonyl (C=O) groups is 2. The summed E-state index contributed by atoms with van der Waals surface area (Å²) in [5.41, 5.74) is 0.945. The molecule has 1 heterocycles. The Morgan fingerprint density at radius 3 is 2.27 bits per heavy atom. The summed E-state index contributed by atoms with van der Waals surface area (Å²) in [6.07, 6.45) is 0.878. The van der Waals surface area contributed by atoms with Crippen LogP contribution in [0.25, 0.3) is 5.76 Å². The second kappa shape index (κ2) is 10.9. The number of aliphatic hydroxyl groups is 1. The van der Waals surface area contributed by atoms with Gasteiger partial charge in [0.2, 0.25) is 0 Å². The van der Waals surface area contributed by atoms with Crippen LogP contribution in [0.4, 0.5) is 0 Å². The van der Waals surface area contributed by atoms with Crippen molar-refractivity contribution in [2.24, 2.45) is 0 Å². The highest BCUT2D eigenvalue weighted by molar-refractivity contribution is 6.46. The fourth-order valence-corrected chi connectivity index (χ4v) is 3.75. The summed E-state index contributed by atoms with van der Waals surface area (Å²) in [5.74, 6) is -0.245. The number of carbonyl (C=O) groups excluding carboxylic acids is 2. The highest BCUT2D eigenvalue weighted by atomic mass is 16.5. The molecule has 3 rings (SSSR count). The van der Waals surface area contributed by atoms with Crippen molar-refractivity contribution in [1.82, 2.24) is 4.90 Å². The highest BCUT2D eigenvalue weighted by Crippen LogP contribution is 2.41. The number of Topliss-reactive ketones (excluding diaryl/α,β-unsaturated/α-hetero) is 1. The first kappa shape index (κ1) is 24.1. The zero-order chi connectivity index (χ0) is 24.0. The molecule has 1 saturated heterocycles. The minimum atomic E-state index is -0.785. The lowest BCUT2D eigenvalue weighted by Gasteiger charge is -2.25. The zero-order valence-corrected chi connectivity index (χ0v) is 19.3. The minimum Gasteiger partial charge on any atom is -0.507 e. The van der Waals surface area contributed by atoms with Crippen molar-refractivity contribution in [2.75, 3.05) is 41.1 Å². The molecule has 2 aromatic carbocycles. The molecule has 0 saturated carbocycles. The second-order valence-electron chi connectivity index (χ2n) is 7.47. The zero-order valence-electron chi connectivity index (χ0n) is 19.3. The number of nitrogens with zero attached hydrogens (tertiary/aromatic N) is 1. The van der Waals surface area contributed by atoms with Crippen molar-refractivity contribution >= 4 is 17.4 Å². The lowest BCUT2D eigenvalue weighted by molar-refractivity contribution is -0.140. The van der Waals surface area contributed by atoms with Gasteiger partial charge in [0.25, 0.3) is 11.7 Å². The van der Waals surface area contributed by atoms with Gasteiger partial charge >= 0.3 is 0 Å². The molecule has 1 unspecified atom stereocenters. The molecule has 33 heavy (non-hydrogen) atoms. The van der Waals surface area contributed by atoms with Gasteiger partial charge in [0.1, 0.15) is 23.0 Å². The van der Waals surface area contributed by atoms with E-state index in [1.54, 1.807) is 42.5 Å². The maximum absolute atomic E-state index is 13.1. The Labute approximate surface area is 193 Å². The highest BCUT2D eigenvalue weighted by Gasteiger charge is 2.46. The molecule has 1 fully saturated rings. The van der Waals surface area contributed by atoms with Gasteiger partial charge < -0.3 is 29.0 Å². The number of methoxy groups -OCH3 is 3. The third-order valence-electron chi connectivity index (χ3n) is 5.41. The molecule has 0 radical (unpaired) electrons. The van der Waals surface area contributed by atoms with Crippen LogP contribution in [0, 0.1) is 0 Å². The van der Waals surface area contributed by atoms with E-state index in [1.165, 1.54) is 26.2 Å². The van der Waals surface area contributed by atoms with Crippen LogP contribution < -0.4 is 14.2 Å². The van der Waals surface area contributed by atoms with Gasteiger partial charge in [-0.2, -0.15) is 0 Å². The molecular weight excluding hydrogens is 426 g/mol. The second-order valence-corrected chi connectivity index (χ2v) is 7.47. The number of likely N-dealkylation sites (tertiary alicyclic amines) is 1. The van der Waals surface area contributed by atoms with Crippen molar-refractivity contribution in [3.05, 3.63) is 59.2 Å². The molecule has 0 spiro atoms. The third kappa shape index (κ3) is 4.96. The van der Waals surface area contributed by atoms with Gasteiger partial charge in [0, 0.05) is 19.7 Å². The van der Waals surface area contributed by atoms with E-state index in [2.05, 4.69) is 0 Å². The van der Waals surface area contributed by atoms with E-state index < -0.39 is 17.7 Å². The molecule has 1 amide bonds. The number of hydrogen-bond acceptors (Lipinski definition) is 7. The number of hydrogen-bond donors (Lipinski definition) is 1. The molecule has 1 aliphatic heterocycles. The third-order valence-corrected chi connectivity index (χ3v) is 5.41. The lowest BCUT2D eigenvalue weighted by Crippen LogP contribution is -2.32. The largest absolute Gasteiger partial charge is 0.507 e. The normalized spacial score (nSPS) is 17.3. The van der Waals surface area contributed by atoms with Crippen LogP contribution in [0.1, 0.15) is 30.5 Å². The summed E-state index contributed by atoms with van der Waals surface area (Å²) >= 11 is 0. The predicted octanol–water partition coefficient (Wildman–Crippen LogP) is 3.56. The van der Waals surface area contributed by atoms with E-state index in [9.17, 15) is 14.7 Å². The lowest BCUT2D eigenvalue weighted by atomic mass is 9.95. The molecule has 8 nitrogen and oxygen atoms in total. The minimum absolute atomic E-state index is 0.0122. The van der Waals surface area contributed by atoms with Crippen LogP contribution >= 0.6 is 0 Å². The van der Waals surface area contributed by atoms with Gasteiger partial charge in [-0.15, -0.1) is 0 Å². The smallest absolute Gasteiger partial charge is 0.295 e. The summed E-state index contributed by atoms with van der Waals surface area (Å²) in [5, 5.41) is 11.2. The molecule has 2 aromatic rings. The van der Waals surface area contributed by atoms with Gasteiger partial charge in [0.15, 0.2) is 0 Å². The van der Waals surface area contributed by atoms with Crippen molar-refractivity contribution in [3.63, 3.8) is 0 Å². The number of ether oxygens (including phenoxy) is 4. The van der Waals surface area contributed by atoms with Gasteiger partial charge in [0.05, 0.1) is 44.6 Å². The van der Waals surface area contributed by atoms with Crippen LogP contribution in [-0.4, -0.2) is 62.8 Å². The Bertz CT molecular complexity index is 1030. The molecular formula is C25H29NO7. The van der Waals surface area contributed by atoms with Gasteiger partial charge in [-0.25, -0.2) is 0 Å². The molecule has 0 bridgehead atoms. The predicted molar refractivity (Wildman–Crippen MR) is 123 cm³/mol. The maximum atomic E-state index is 13.1. The van der Waals surface area contributed by atoms with E-state index in [0.717, 1.165) is 6.42 Å². The first-order chi connectivity index (χ1) is 16.0. The van der Waals surface area contributed by atoms with Crippen molar-refractivity contribution in [2.45, 2.75) is 19.4 Å².